The van der Waals surface area contributed by atoms with Crippen molar-refractivity contribution in [2.75, 3.05) is 47.8 Å². The van der Waals surface area contributed by atoms with Crippen molar-refractivity contribution in [3.05, 3.63) is 0 Å². The fourth-order valence-electron chi connectivity index (χ4n) is 4.95. The van der Waals surface area contributed by atoms with Gasteiger partial charge in [0.1, 0.15) is 24.9 Å². The molecule has 0 saturated carbocycles. The van der Waals surface area contributed by atoms with E-state index < -0.39 is 67.7 Å². The summed E-state index contributed by atoms with van der Waals surface area (Å²) in [7, 11) is 2.77. The van der Waals surface area contributed by atoms with E-state index in [1.165, 1.54) is 28.1 Å². The van der Waals surface area contributed by atoms with E-state index in [0.717, 1.165) is 13.8 Å². The molecule has 1 heterocycles. The normalized spacial score (nSPS) is 23.4. The lowest BCUT2D eigenvalue weighted by molar-refractivity contribution is -0.277. The van der Waals surface area contributed by atoms with Crippen LogP contribution in [0.2, 0.25) is 0 Å². The quantitative estimate of drug-likeness (QED) is 0.0702. The Morgan fingerprint density at radius 2 is 1.57 bits per heavy atom. The average Bonchev–Trinajstić information content (AvgIpc) is 2.98. The summed E-state index contributed by atoms with van der Waals surface area (Å²) in [5.74, 6) is -2.59. The largest absolute Gasteiger partial charge is 0.463 e. The summed E-state index contributed by atoms with van der Waals surface area (Å²) in [6.45, 7) is 7.18. The topological polar surface area (TPSA) is 192 Å². The number of esters is 3. The number of amides is 2. The number of carbonyl (C=O) groups is 5. The second-order valence-corrected chi connectivity index (χ2v) is 13.3. The van der Waals surface area contributed by atoms with E-state index in [0.29, 0.717) is 25.9 Å². The van der Waals surface area contributed by atoms with Crippen LogP contribution in [0.25, 0.3) is 0 Å². The van der Waals surface area contributed by atoms with Gasteiger partial charge in [-0.3, -0.25) is 24.0 Å². The molecular formula is C29H51N2O14PS. The third-order valence-electron chi connectivity index (χ3n) is 6.89. The van der Waals surface area contributed by atoms with E-state index in [1.807, 2.05) is 6.92 Å². The second-order valence-electron chi connectivity index (χ2n) is 11.1. The van der Waals surface area contributed by atoms with Gasteiger partial charge < -0.3 is 52.8 Å². The molecule has 0 aromatic heterocycles. The summed E-state index contributed by atoms with van der Waals surface area (Å²) in [6, 6.07) is -1.45. The average molecular weight is 715 g/mol. The van der Waals surface area contributed by atoms with E-state index in [1.54, 1.807) is 7.11 Å². The van der Waals surface area contributed by atoms with Crippen molar-refractivity contribution in [1.82, 2.24) is 10.6 Å². The van der Waals surface area contributed by atoms with Gasteiger partial charge in [-0.25, -0.2) is 0 Å². The number of ether oxygens (including phenoxy) is 7. The minimum Gasteiger partial charge on any atom is -0.463 e. The molecule has 1 fully saturated rings. The number of unbranched alkanes of at least 4 members (excludes halogenated alkanes) is 1. The zero-order chi connectivity index (χ0) is 35.5. The van der Waals surface area contributed by atoms with Crippen molar-refractivity contribution in [3.63, 3.8) is 0 Å². The van der Waals surface area contributed by atoms with Gasteiger partial charge in [-0.1, -0.05) is 6.92 Å². The maximum Gasteiger partial charge on any atom is 0.303 e. The van der Waals surface area contributed by atoms with Crippen LogP contribution in [0.5, 0.6) is 0 Å². The van der Waals surface area contributed by atoms with Crippen molar-refractivity contribution in [3.8, 4) is 0 Å². The van der Waals surface area contributed by atoms with Crippen LogP contribution in [0.4, 0.5) is 0 Å². The number of methoxy groups -OCH3 is 2. The SMILES string of the molecule is COC[C@H](C)CC(NC(=O)CCCCO[C@@H]1O[C@H](COC(C)=O)[C@H](OC(C)=O)[C@H](OC(C)=O)[C@H]1NC(C)=O)[C@H](CO[PH](=S)OC)OC. The van der Waals surface area contributed by atoms with Crippen molar-refractivity contribution in [1.29, 1.82) is 0 Å². The predicted molar refractivity (Wildman–Crippen MR) is 171 cm³/mol. The molecule has 0 radical (unpaired) electrons. The lowest BCUT2D eigenvalue weighted by atomic mass is 9.96. The Balaban J connectivity index is 2.94. The maximum absolute atomic E-state index is 13.0. The highest BCUT2D eigenvalue weighted by molar-refractivity contribution is 8.00. The molecule has 2 N–H and O–H groups in total. The van der Waals surface area contributed by atoms with Crippen LogP contribution in [0.15, 0.2) is 0 Å². The van der Waals surface area contributed by atoms with Gasteiger partial charge in [-0.05, 0) is 37.0 Å². The fraction of sp³-hybridized carbons (Fsp3) is 0.828. The lowest BCUT2D eigenvalue weighted by Gasteiger charge is -2.44. The zero-order valence-electron chi connectivity index (χ0n) is 28.4. The van der Waals surface area contributed by atoms with Gasteiger partial charge in [0.05, 0.1) is 12.6 Å². The van der Waals surface area contributed by atoms with Gasteiger partial charge >= 0.3 is 17.9 Å². The molecule has 1 aliphatic heterocycles. The van der Waals surface area contributed by atoms with Crippen LogP contribution in [-0.4, -0.2) is 120 Å². The molecule has 1 rings (SSSR count). The van der Waals surface area contributed by atoms with Crippen molar-refractivity contribution in [2.24, 2.45) is 5.92 Å². The van der Waals surface area contributed by atoms with Crippen LogP contribution in [-0.2, 0) is 78.0 Å². The highest BCUT2D eigenvalue weighted by Crippen LogP contribution is 2.28. The minimum absolute atomic E-state index is 0.0861. The number of hydrogen-bond acceptors (Lipinski definition) is 15. The summed E-state index contributed by atoms with van der Waals surface area (Å²) < 4.78 is 49.4. The Kier molecular flexibility index (Phi) is 21.1. The predicted octanol–water partition coefficient (Wildman–Crippen LogP) is 1.17. The summed E-state index contributed by atoms with van der Waals surface area (Å²) in [6.07, 6.45) is -3.57. The molecule has 47 heavy (non-hydrogen) atoms. The Labute approximate surface area is 282 Å². The molecule has 18 heteroatoms. The van der Waals surface area contributed by atoms with Gasteiger partial charge in [0.2, 0.25) is 11.8 Å². The molecule has 1 saturated heterocycles. The molecule has 16 nitrogen and oxygen atoms in total. The summed E-state index contributed by atoms with van der Waals surface area (Å²) in [4.78, 5) is 60.5. The van der Waals surface area contributed by atoms with Crippen molar-refractivity contribution >= 4 is 48.7 Å². The van der Waals surface area contributed by atoms with Crippen LogP contribution < -0.4 is 10.6 Å². The van der Waals surface area contributed by atoms with Gasteiger partial charge in [0.15, 0.2) is 25.6 Å². The van der Waals surface area contributed by atoms with Crippen LogP contribution in [0, 0.1) is 5.92 Å². The fourth-order valence-corrected chi connectivity index (χ4v) is 5.57. The highest BCUT2D eigenvalue weighted by atomic mass is 32.4. The summed E-state index contributed by atoms with van der Waals surface area (Å²) >= 11 is 5.13. The van der Waals surface area contributed by atoms with E-state index in [2.05, 4.69) is 10.6 Å². The molecule has 1 aliphatic rings. The maximum atomic E-state index is 13.0. The first-order valence-corrected chi connectivity index (χ1v) is 17.7. The molecule has 2 unspecified atom stereocenters. The van der Waals surface area contributed by atoms with Gasteiger partial charge in [-0.15, -0.1) is 0 Å². The summed E-state index contributed by atoms with van der Waals surface area (Å²) in [5.41, 5.74) is 0. The molecule has 0 bridgehead atoms. The Morgan fingerprint density at radius 1 is 0.915 bits per heavy atom. The molecule has 0 spiro atoms. The standard InChI is InChI=1S/C29H51N2O14PS/c1-17(14-37-6)13-22(23(38-7)16-42-46(47)39-8)31-25(36)11-9-10-12-40-29-26(30-18(2)32)28(44-21(5)35)27(43-20(4)34)24(45-29)15-41-19(3)33/h17,22-24,26-29,46H,9-16H2,1-8H3,(H,30,32)(H,31,36)/t17-,22?,23+,24-,26-,27+,28-,29-/m1/s1. The van der Waals surface area contributed by atoms with Gasteiger partial charge in [0, 0.05) is 68.7 Å². The monoisotopic (exact) mass is 714 g/mol. The molecule has 0 aromatic rings. The Morgan fingerprint density at radius 3 is 2.13 bits per heavy atom. The molecule has 272 valence electrons. The van der Waals surface area contributed by atoms with E-state index in [9.17, 15) is 24.0 Å². The van der Waals surface area contributed by atoms with Crippen LogP contribution >= 0.6 is 7.15 Å². The highest BCUT2D eigenvalue weighted by Gasteiger charge is 2.51. The van der Waals surface area contributed by atoms with E-state index >= 15 is 0 Å². The van der Waals surface area contributed by atoms with Gasteiger partial charge in [-0.2, -0.15) is 0 Å². The van der Waals surface area contributed by atoms with E-state index in [-0.39, 0.29) is 44.1 Å². The first kappa shape index (κ1) is 42.8. The first-order valence-electron chi connectivity index (χ1n) is 15.3. The Hall–Kier alpha value is -2.24. The van der Waals surface area contributed by atoms with Gasteiger partial charge in [0.25, 0.3) is 0 Å². The molecule has 9 atom stereocenters. The smallest absolute Gasteiger partial charge is 0.303 e. The number of nitrogens with one attached hydrogen (secondary N) is 2. The number of hydrogen-bond donors (Lipinski definition) is 2. The molecule has 0 aliphatic carbocycles. The van der Waals surface area contributed by atoms with Crippen LogP contribution in [0.3, 0.4) is 0 Å². The van der Waals surface area contributed by atoms with Crippen molar-refractivity contribution < 1.29 is 66.2 Å². The Bertz CT molecular complexity index is 1040. The molecule has 2 amide bonds. The second kappa shape index (κ2) is 23.2. The van der Waals surface area contributed by atoms with Crippen molar-refractivity contribution in [2.45, 2.75) is 103 Å². The lowest BCUT2D eigenvalue weighted by Crippen LogP contribution is -2.66. The summed E-state index contributed by atoms with van der Waals surface area (Å²) in [5, 5.41) is 5.68. The zero-order valence-corrected chi connectivity index (χ0v) is 30.2. The van der Waals surface area contributed by atoms with E-state index in [4.69, 9.17) is 54.0 Å². The minimum atomic E-state index is -1.85. The third kappa shape index (κ3) is 17.1. The van der Waals surface area contributed by atoms with Crippen LogP contribution in [0.1, 0.15) is 60.3 Å². The number of carbonyl (C=O) groups excluding carboxylic acids is 5. The number of rotatable bonds is 22. The molecule has 0 aromatic carbocycles. The third-order valence-corrected chi connectivity index (χ3v) is 8.48. The molecular weight excluding hydrogens is 663 g/mol. The first-order chi connectivity index (χ1) is 22.2.